The Morgan fingerprint density at radius 2 is 2.27 bits per heavy atom. The highest BCUT2D eigenvalue weighted by Crippen LogP contribution is 2.11. The van der Waals surface area contributed by atoms with Gasteiger partial charge in [0.2, 0.25) is 0 Å². The summed E-state index contributed by atoms with van der Waals surface area (Å²) < 4.78 is 13.7. The van der Waals surface area contributed by atoms with Gasteiger partial charge in [-0.25, -0.2) is 4.39 Å². The van der Waals surface area contributed by atoms with E-state index >= 15 is 0 Å². The maximum Gasteiger partial charge on any atom is 0.150 e. The van der Waals surface area contributed by atoms with Crippen LogP contribution in [0.2, 0.25) is 0 Å². The summed E-state index contributed by atoms with van der Waals surface area (Å²) in [6.45, 7) is 7.26. The molecule has 1 aromatic heterocycles. The van der Waals surface area contributed by atoms with Crippen molar-refractivity contribution in [3.8, 4) is 0 Å². The highest BCUT2D eigenvalue weighted by Gasteiger charge is 2.04. The van der Waals surface area contributed by atoms with Crippen molar-refractivity contribution in [2.45, 2.75) is 33.7 Å². The summed E-state index contributed by atoms with van der Waals surface area (Å²) in [5.74, 6) is 1.56. The van der Waals surface area contributed by atoms with E-state index in [1.807, 2.05) is 13.1 Å². The Hall–Kier alpha value is -1.06. The van der Waals surface area contributed by atoms with E-state index < -0.39 is 0 Å². The lowest BCUT2D eigenvalue weighted by Crippen LogP contribution is -2.07. The fourth-order valence-corrected chi connectivity index (χ4v) is 1.38. The zero-order valence-electron chi connectivity index (χ0n) is 9.76. The number of nitrogens with zero attached hydrogens (tertiary/aromatic N) is 2. The molecule has 1 heterocycles. The van der Waals surface area contributed by atoms with Gasteiger partial charge in [-0.15, -0.1) is 0 Å². The van der Waals surface area contributed by atoms with Crippen molar-refractivity contribution in [2.24, 2.45) is 5.92 Å². The number of hydrogen-bond acceptors (Lipinski definition) is 2. The van der Waals surface area contributed by atoms with Gasteiger partial charge in [-0.2, -0.15) is 5.10 Å². The number of aromatic nitrogens is 2. The predicted octanol–water partition coefficient (Wildman–Crippen LogP) is 2.62. The van der Waals surface area contributed by atoms with Crippen LogP contribution in [0.15, 0.2) is 6.20 Å². The van der Waals surface area contributed by atoms with Gasteiger partial charge in [0.15, 0.2) is 5.82 Å². The van der Waals surface area contributed by atoms with Crippen LogP contribution in [-0.4, -0.2) is 23.0 Å². The predicted molar refractivity (Wildman–Crippen MR) is 60.9 cm³/mol. The highest BCUT2D eigenvalue weighted by atomic mass is 19.1. The van der Waals surface area contributed by atoms with Crippen molar-refractivity contribution >= 4 is 5.82 Å². The van der Waals surface area contributed by atoms with Crippen LogP contribution in [-0.2, 0) is 6.54 Å². The summed E-state index contributed by atoms with van der Waals surface area (Å²) in [5, 5.41) is 7.53. The van der Waals surface area contributed by atoms with E-state index in [1.165, 1.54) is 0 Å². The van der Waals surface area contributed by atoms with Crippen LogP contribution in [0.3, 0.4) is 0 Å². The third-order valence-corrected chi connectivity index (χ3v) is 2.27. The Labute approximate surface area is 90.7 Å². The van der Waals surface area contributed by atoms with Crippen LogP contribution >= 0.6 is 0 Å². The van der Waals surface area contributed by atoms with Gasteiger partial charge in [0.25, 0.3) is 0 Å². The van der Waals surface area contributed by atoms with Crippen molar-refractivity contribution in [3.63, 3.8) is 0 Å². The van der Waals surface area contributed by atoms with Crippen LogP contribution in [0, 0.1) is 12.8 Å². The summed E-state index contributed by atoms with van der Waals surface area (Å²) in [7, 11) is 0. The van der Waals surface area contributed by atoms with Crippen LogP contribution in [0.5, 0.6) is 0 Å². The first kappa shape index (κ1) is 12.0. The average Bonchev–Trinajstić information content (AvgIpc) is 2.47. The Morgan fingerprint density at radius 3 is 2.87 bits per heavy atom. The van der Waals surface area contributed by atoms with E-state index in [1.54, 1.807) is 4.68 Å². The molecule has 15 heavy (non-hydrogen) atoms. The second kappa shape index (κ2) is 5.73. The maximum atomic E-state index is 12.1. The second-order valence-electron chi connectivity index (χ2n) is 4.22. The van der Waals surface area contributed by atoms with Gasteiger partial charge in [0, 0.05) is 18.3 Å². The van der Waals surface area contributed by atoms with E-state index in [9.17, 15) is 4.39 Å². The molecule has 0 unspecified atom stereocenters. The number of anilines is 1. The minimum atomic E-state index is -0.368. The maximum absolute atomic E-state index is 12.1. The summed E-state index contributed by atoms with van der Waals surface area (Å²) in [4.78, 5) is 0. The number of halogens is 1. The summed E-state index contributed by atoms with van der Waals surface area (Å²) >= 11 is 0. The molecular weight excluding hydrogens is 193 g/mol. The van der Waals surface area contributed by atoms with E-state index in [0.29, 0.717) is 12.5 Å². The SMILES string of the molecule is Cc1cn(CCF)nc1NCCC(C)C. The minimum Gasteiger partial charge on any atom is -0.368 e. The molecule has 0 bridgehead atoms. The van der Waals surface area contributed by atoms with Gasteiger partial charge in [0.05, 0.1) is 6.54 Å². The Morgan fingerprint density at radius 1 is 1.53 bits per heavy atom. The van der Waals surface area contributed by atoms with Crippen molar-refractivity contribution in [2.75, 3.05) is 18.5 Å². The molecule has 0 aromatic carbocycles. The molecule has 0 atom stereocenters. The fraction of sp³-hybridized carbons (Fsp3) is 0.727. The van der Waals surface area contributed by atoms with Crippen LogP contribution < -0.4 is 5.32 Å². The van der Waals surface area contributed by atoms with Gasteiger partial charge >= 0.3 is 0 Å². The molecule has 1 rings (SSSR count). The van der Waals surface area contributed by atoms with E-state index in [0.717, 1.165) is 24.3 Å². The number of hydrogen-bond donors (Lipinski definition) is 1. The topological polar surface area (TPSA) is 29.9 Å². The number of alkyl halides is 1. The smallest absolute Gasteiger partial charge is 0.150 e. The van der Waals surface area contributed by atoms with Crippen molar-refractivity contribution in [1.29, 1.82) is 0 Å². The van der Waals surface area contributed by atoms with Crippen molar-refractivity contribution in [3.05, 3.63) is 11.8 Å². The third-order valence-electron chi connectivity index (χ3n) is 2.27. The molecule has 0 aliphatic heterocycles. The fourth-order valence-electron chi connectivity index (χ4n) is 1.38. The van der Waals surface area contributed by atoms with Gasteiger partial charge < -0.3 is 5.32 Å². The number of rotatable bonds is 6. The Bertz CT molecular complexity index is 294. The van der Waals surface area contributed by atoms with Crippen molar-refractivity contribution < 1.29 is 4.39 Å². The van der Waals surface area contributed by atoms with Gasteiger partial charge in [-0.3, -0.25) is 4.68 Å². The number of aryl methyl sites for hydroxylation is 2. The molecule has 0 aliphatic rings. The lowest BCUT2D eigenvalue weighted by atomic mass is 10.1. The van der Waals surface area contributed by atoms with Gasteiger partial charge in [-0.1, -0.05) is 13.8 Å². The molecule has 1 aromatic rings. The van der Waals surface area contributed by atoms with Crippen LogP contribution in [0.1, 0.15) is 25.8 Å². The molecule has 1 N–H and O–H groups in total. The largest absolute Gasteiger partial charge is 0.368 e. The summed E-state index contributed by atoms with van der Waals surface area (Å²) in [6.07, 6.45) is 2.99. The Kier molecular flexibility index (Phi) is 4.59. The monoisotopic (exact) mass is 213 g/mol. The van der Waals surface area contributed by atoms with E-state index in [4.69, 9.17) is 0 Å². The average molecular weight is 213 g/mol. The van der Waals surface area contributed by atoms with Crippen LogP contribution in [0.4, 0.5) is 10.2 Å². The van der Waals surface area contributed by atoms with Crippen molar-refractivity contribution in [1.82, 2.24) is 9.78 Å². The highest BCUT2D eigenvalue weighted by molar-refractivity contribution is 5.41. The molecular formula is C11H20FN3. The van der Waals surface area contributed by atoms with Crippen LogP contribution in [0.25, 0.3) is 0 Å². The quantitative estimate of drug-likeness (QED) is 0.787. The molecule has 0 radical (unpaired) electrons. The molecule has 4 heteroatoms. The Balaban J connectivity index is 2.46. The molecule has 0 amide bonds. The molecule has 0 saturated heterocycles. The normalized spacial score (nSPS) is 11.0. The van der Waals surface area contributed by atoms with E-state index in [2.05, 4.69) is 24.3 Å². The molecule has 0 fully saturated rings. The zero-order valence-corrected chi connectivity index (χ0v) is 9.76. The summed E-state index contributed by atoms with van der Waals surface area (Å²) in [5.41, 5.74) is 1.08. The minimum absolute atomic E-state index is 0.340. The molecule has 0 saturated carbocycles. The second-order valence-corrected chi connectivity index (χ2v) is 4.22. The first-order chi connectivity index (χ1) is 7.13. The molecule has 0 spiro atoms. The van der Waals surface area contributed by atoms with Gasteiger partial charge in [0.1, 0.15) is 6.67 Å². The molecule has 3 nitrogen and oxygen atoms in total. The van der Waals surface area contributed by atoms with Gasteiger partial charge in [-0.05, 0) is 19.3 Å². The lowest BCUT2D eigenvalue weighted by molar-refractivity contribution is 0.427. The lowest BCUT2D eigenvalue weighted by Gasteiger charge is -2.06. The molecule has 0 aliphatic carbocycles. The standard InChI is InChI=1S/C11H20FN3/c1-9(2)4-6-13-11-10(3)8-15(14-11)7-5-12/h8-9H,4-7H2,1-3H3,(H,13,14). The molecule has 86 valence electrons. The first-order valence-corrected chi connectivity index (χ1v) is 5.47. The van der Waals surface area contributed by atoms with E-state index in [-0.39, 0.29) is 6.67 Å². The summed E-state index contributed by atoms with van der Waals surface area (Å²) in [6, 6.07) is 0. The number of nitrogens with one attached hydrogen (secondary N) is 1. The first-order valence-electron chi connectivity index (χ1n) is 5.47. The zero-order chi connectivity index (χ0) is 11.3. The third kappa shape index (κ3) is 3.90.